The van der Waals surface area contributed by atoms with Crippen molar-refractivity contribution in [1.29, 1.82) is 0 Å². The van der Waals surface area contributed by atoms with Gasteiger partial charge in [0, 0.05) is 28.4 Å². The van der Waals surface area contributed by atoms with Crippen molar-refractivity contribution in [2.24, 2.45) is 0 Å². The minimum Gasteiger partial charge on any atom is -0.277 e. The molecule has 0 radical (unpaired) electrons. The third kappa shape index (κ3) is 4.08. The molecule has 0 aliphatic rings. The summed E-state index contributed by atoms with van der Waals surface area (Å²) in [5, 5.41) is 12.4. The van der Waals surface area contributed by atoms with Crippen molar-refractivity contribution >= 4 is 59.7 Å². The van der Waals surface area contributed by atoms with Crippen LogP contribution in [0.5, 0.6) is 0 Å². The molecule has 5 rings (SSSR count). The van der Waals surface area contributed by atoms with Crippen molar-refractivity contribution in [3.8, 4) is 0 Å². The van der Waals surface area contributed by atoms with Gasteiger partial charge in [0.05, 0.1) is 32.3 Å². The van der Waals surface area contributed by atoms with Crippen LogP contribution >= 0.6 is 22.7 Å². The molecule has 1 amide bonds. The van der Waals surface area contributed by atoms with Gasteiger partial charge in [-0.25, -0.2) is 4.98 Å². The van der Waals surface area contributed by atoms with E-state index in [4.69, 9.17) is 4.98 Å². The topological polar surface area (TPSA) is 89.2 Å². The lowest BCUT2D eigenvalue weighted by atomic mass is 10.1. The molecule has 0 N–H and O–H groups in total. The first-order valence-electron chi connectivity index (χ1n) is 10.2. The zero-order valence-electron chi connectivity index (χ0n) is 17.8. The van der Waals surface area contributed by atoms with E-state index < -0.39 is 4.92 Å². The lowest BCUT2D eigenvalue weighted by Crippen LogP contribution is -2.30. The van der Waals surface area contributed by atoms with Gasteiger partial charge in [-0.2, -0.15) is 0 Å². The highest BCUT2D eigenvalue weighted by Crippen LogP contribution is 2.35. The highest BCUT2D eigenvalue weighted by molar-refractivity contribution is 7.23. The molecule has 0 unspecified atom stereocenters. The number of rotatable bonds is 5. The molecule has 0 aliphatic heterocycles. The van der Waals surface area contributed by atoms with Gasteiger partial charge in [-0.15, -0.1) is 11.3 Å². The molecule has 0 saturated carbocycles. The Balaban J connectivity index is 1.59. The van der Waals surface area contributed by atoms with E-state index >= 15 is 0 Å². The van der Waals surface area contributed by atoms with E-state index in [-0.39, 0.29) is 18.1 Å². The second kappa shape index (κ2) is 8.34. The quantitative estimate of drug-likeness (QED) is 0.221. The molecule has 0 bridgehead atoms. The predicted molar refractivity (Wildman–Crippen MR) is 132 cm³/mol. The summed E-state index contributed by atoms with van der Waals surface area (Å²) in [4.78, 5) is 35.7. The fourth-order valence-corrected chi connectivity index (χ4v) is 5.87. The molecule has 3 aromatic heterocycles. The Morgan fingerprint density at radius 1 is 1.06 bits per heavy atom. The van der Waals surface area contributed by atoms with Crippen LogP contribution in [0.4, 0.5) is 10.8 Å². The molecule has 5 aromatic rings. The van der Waals surface area contributed by atoms with Gasteiger partial charge in [-0.3, -0.25) is 24.8 Å². The first-order chi connectivity index (χ1) is 15.9. The van der Waals surface area contributed by atoms with Crippen LogP contribution in [-0.4, -0.2) is 20.8 Å². The van der Waals surface area contributed by atoms with E-state index in [0.29, 0.717) is 15.4 Å². The summed E-state index contributed by atoms with van der Waals surface area (Å²) in [6.45, 7) is 4.33. The van der Waals surface area contributed by atoms with Gasteiger partial charge >= 0.3 is 0 Å². The Kier molecular flexibility index (Phi) is 5.35. The molecule has 0 fully saturated rings. The molecular formula is C24H18N4O3S2. The van der Waals surface area contributed by atoms with Gasteiger partial charge in [0.1, 0.15) is 0 Å². The lowest BCUT2D eigenvalue weighted by Gasteiger charge is -2.18. The number of fused-ring (bicyclic) bond motifs is 2. The van der Waals surface area contributed by atoms with E-state index in [9.17, 15) is 14.9 Å². The normalized spacial score (nSPS) is 11.2. The van der Waals surface area contributed by atoms with Crippen molar-refractivity contribution < 1.29 is 9.72 Å². The van der Waals surface area contributed by atoms with E-state index in [2.05, 4.69) is 17.1 Å². The van der Waals surface area contributed by atoms with Gasteiger partial charge in [0.2, 0.25) is 0 Å². The summed E-state index contributed by atoms with van der Waals surface area (Å²) in [5.74, 6) is -0.210. The maximum absolute atomic E-state index is 13.7. The molecule has 164 valence electrons. The molecular weight excluding hydrogens is 456 g/mol. The Labute approximate surface area is 197 Å². The number of amides is 1. The maximum atomic E-state index is 13.7. The second-order valence-electron chi connectivity index (χ2n) is 7.73. The van der Waals surface area contributed by atoms with Gasteiger partial charge in [-0.05, 0) is 55.3 Å². The minimum atomic E-state index is -0.433. The largest absolute Gasteiger partial charge is 0.277 e. The number of thiazole rings is 1. The van der Waals surface area contributed by atoms with Gasteiger partial charge in [-0.1, -0.05) is 23.5 Å². The van der Waals surface area contributed by atoms with Gasteiger partial charge in [0.15, 0.2) is 5.13 Å². The average Bonchev–Trinajstić information content (AvgIpc) is 3.41. The van der Waals surface area contributed by atoms with Crippen LogP contribution in [0, 0.1) is 24.0 Å². The van der Waals surface area contributed by atoms with Crippen LogP contribution in [0.2, 0.25) is 0 Å². The minimum absolute atomic E-state index is 0.00154. The van der Waals surface area contributed by atoms with Crippen LogP contribution in [0.1, 0.15) is 26.5 Å². The Morgan fingerprint density at radius 2 is 1.91 bits per heavy atom. The number of thiophene rings is 1. The SMILES string of the molecule is Cc1cc(C)c2nc(N(Cc3ccccn3)C(=O)c3cc4cc([N+](=O)[O-])ccc4s3)sc2c1. The second-order valence-corrected chi connectivity index (χ2v) is 9.82. The highest BCUT2D eigenvalue weighted by atomic mass is 32.1. The zero-order valence-corrected chi connectivity index (χ0v) is 19.4. The molecule has 9 heteroatoms. The zero-order chi connectivity index (χ0) is 23.1. The lowest BCUT2D eigenvalue weighted by molar-refractivity contribution is -0.384. The van der Waals surface area contributed by atoms with Crippen LogP contribution < -0.4 is 4.90 Å². The van der Waals surface area contributed by atoms with Crippen molar-refractivity contribution in [3.63, 3.8) is 0 Å². The number of aromatic nitrogens is 2. The number of benzene rings is 2. The van der Waals surface area contributed by atoms with Crippen molar-refractivity contribution in [2.45, 2.75) is 20.4 Å². The molecule has 3 heterocycles. The van der Waals surface area contributed by atoms with Gasteiger partial charge < -0.3 is 0 Å². The van der Waals surface area contributed by atoms with Crippen molar-refractivity contribution in [2.75, 3.05) is 4.90 Å². The number of aryl methyl sites for hydroxylation is 2. The first kappa shape index (κ1) is 21.2. The van der Waals surface area contributed by atoms with Crippen LogP contribution in [0.3, 0.4) is 0 Å². The van der Waals surface area contributed by atoms with Crippen LogP contribution in [0.25, 0.3) is 20.3 Å². The van der Waals surface area contributed by atoms with E-state index in [1.807, 2.05) is 32.0 Å². The van der Waals surface area contributed by atoms with E-state index in [1.54, 1.807) is 23.2 Å². The summed E-state index contributed by atoms with van der Waals surface area (Å²) >= 11 is 2.79. The summed E-state index contributed by atoms with van der Waals surface area (Å²) < 4.78 is 1.84. The van der Waals surface area contributed by atoms with E-state index in [1.165, 1.54) is 34.8 Å². The summed E-state index contributed by atoms with van der Waals surface area (Å²) in [5.41, 5.74) is 3.83. The van der Waals surface area contributed by atoms with E-state index in [0.717, 1.165) is 31.7 Å². The standard InChI is InChI=1S/C24H18N4O3S2/c1-14-9-15(2)22-20(10-14)33-24(26-22)27(13-17-5-3-4-8-25-17)23(29)21-12-16-11-18(28(30)31)6-7-19(16)32-21/h3-12H,13H2,1-2H3. The Bertz CT molecular complexity index is 1530. The molecule has 0 spiro atoms. The van der Waals surface area contributed by atoms with Crippen LogP contribution in [-0.2, 0) is 6.54 Å². The first-order valence-corrected chi connectivity index (χ1v) is 11.8. The number of hydrogen-bond acceptors (Lipinski definition) is 7. The number of nitrogens with zero attached hydrogens (tertiary/aromatic N) is 4. The molecule has 2 aromatic carbocycles. The molecule has 0 aliphatic carbocycles. The Morgan fingerprint density at radius 3 is 2.67 bits per heavy atom. The third-order valence-electron chi connectivity index (χ3n) is 5.26. The molecule has 7 nitrogen and oxygen atoms in total. The summed E-state index contributed by atoms with van der Waals surface area (Å²) in [7, 11) is 0. The average molecular weight is 475 g/mol. The number of nitro groups is 1. The number of non-ortho nitro benzene ring substituents is 1. The number of nitro benzene ring substituents is 1. The third-order valence-corrected chi connectivity index (χ3v) is 7.39. The summed E-state index contributed by atoms with van der Waals surface area (Å²) in [6.07, 6.45) is 1.70. The van der Waals surface area contributed by atoms with Gasteiger partial charge in [0.25, 0.3) is 11.6 Å². The fraction of sp³-hybridized carbons (Fsp3) is 0.125. The summed E-state index contributed by atoms with van der Waals surface area (Å²) in [6, 6.07) is 16.1. The van der Waals surface area contributed by atoms with Crippen molar-refractivity contribution in [1.82, 2.24) is 9.97 Å². The highest BCUT2D eigenvalue weighted by Gasteiger charge is 2.25. The number of carbonyl (C=O) groups is 1. The molecule has 0 saturated heterocycles. The molecule has 0 atom stereocenters. The fourth-order valence-electron chi connectivity index (χ4n) is 3.74. The molecule has 33 heavy (non-hydrogen) atoms. The van der Waals surface area contributed by atoms with Crippen LogP contribution in [0.15, 0.2) is 60.8 Å². The maximum Gasteiger partial charge on any atom is 0.270 e. The predicted octanol–water partition coefficient (Wildman–Crippen LogP) is 6.28. The van der Waals surface area contributed by atoms with Crippen molar-refractivity contribution in [3.05, 3.63) is 92.6 Å². The number of hydrogen-bond donors (Lipinski definition) is 0. The number of anilines is 1. The number of carbonyl (C=O) groups excluding carboxylic acids is 1. The Hall–Kier alpha value is -3.69. The number of pyridine rings is 1. The monoisotopic (exact) mass is 474 g/mol. The smallest absolute Gasteiger partial charge is 0.270 e.